The number of carbonyl (C=O) groups is 1. The minimum absolute atomic E-state index is 0.0168. The minimum atomic E-state index is -4.61. The van der Waals surface area contributed by atoms with Gasteiger partial charge in [-0.05, 0) is 96.3 Å². The van der Waals surface area contributed by atoms with Gasteiger partial charge in [0.1, 0.15) is 13.2 Å². The maximum atomic E-state index is 12.9. The van der Waals surface area contributed by atoms with Gasteiger partial charge in [-0.2, -0.15) is 0 Å². The maximum Gasteiger partial charge on any atom is 0.268 e. The second-order valence-electron chi connectivity index (χ2n) is 18.1. The number of aliphatic hydroxyl groups is 1. The summed E-state index contributed by atoms with van der Waals surface area (Å²) in [6.45, 7) is 4.47. The largest absolute Gasteiger partial charge is 0.756 e. The molecule has 65 heavy (non-hydrogen) atoms. The van der Waals surface area contributed by atoms with Gasteiger partial charge in [0.2, 0.25) is 5.91 Å². The third kappa shape index (κ3) is 48.9. The van der Waals surface area contributed by atoms with Gasteiger partial charge in [-0.3, -0.25) is 9.36 Å². The third-order valence-electron chi connectivity index (χ3n) is 10.7. The Morgan fingerprint density at radius 1 is 0.554 bits per heavy atom. The molecular weight excluding hydrogens is 828 g/mol. The Hall–Kier alpha value is -2.84. The lowest BCUT2D eigenvalue weighted by Gasteiger charge is -2.29. The number of amides is 1. The number of quaternary nitrogens is 1. The molecule has 0 saturated carbocycles. The summed E-state index contributed by atoms with van der Waals surface area (Å²) in [7, 11) is 1.21. The first-order valence-corrected chi connectivity index (χ1v) is 27.2. The van der Waals surface area contributed by atoms with E-state index in [1.54, 1.807) is 6.08 Å². The Kier molecular flexibility index (Phi) is 44.3. The molecule has 0 radical (unpaired) electrons. The molecule has 0 fully saturated rings. The van der Waals surface area contributed by atoms with Crippen LogP contribution in [0.1, 0.15) is 187 Å². The van der Waals surface area contributed by atoms with Crippen molar-refractivity contribution >= 4 is 13.7 Å². The van der Waals surface area contributed by atoms with Crippen molar-refractivity contribution in [2.45, 2.75) is 199 Å². The summed E-state index contributed by atoms with van der Waals surface area (Å²) in [5.74, 6) is -0.226. The monoisotopic (exact) mass is 925 g/mol. The fourth-order valence-electron chi connectivity index (χ4n) is 6.66. The first kappa shape index (κ1) is 62.2. The molecule has 0 aliphatic carbocycles. The first-order chi connectivity index (χ1) is 31.5. The van der Waals surface area contributed by atoms with E-state index >= 15 is 0 Å². The van der Waals surface area contributed by atoms with Crippen molar-refractivity contribution in [1.82, 2.24) is 5.32 Å². The Balaban J connectivity index is 4.37. The maximum absolute atomic E-state index is 12.9. The number of hydrogen-bond acceptors (Lipinski definition) is 6. The summed E-state index contributed by atoms with van der Waals surface area (Å²) in [4.78, 5) is 25.4. The van der Waals surface area contributed by atoms with E-state index < -0.39 is 26.6 Å². The number of allylic oxidation sites excluding steroid dienone is 17. The van der Waals surface area contributed by atoms with E-state index in [0.29, 0.717) is 17.4 Å². The van der Waals surface area contributed by atoms with Gasteiger partial charge in [-0.1, -0.05) is 194 Å². The van der Waals surface area contributed by atoms with Crippen LogP contribution in [-0.4, -0.2) is 68.5 Å². The van der Waals surface area contributed by atoms with Crippen LogP contribution in [0, 0.1) is 0 Å². The van der Waals surface area contributed by atoms with Crippen LogP contribution in [0.2, 0.25) is 0 Å². The van der Waals surface area contributed by atoms with E-state index in [9.17, 15) is 19.4 Å². The van der Waals surface area contributed by atoms with Crippen LogP contribution in [0.4, 0.5) is 0 Å². The van der Waals surface area contributed by atoms with Crippen LogP contribution < -0.4 is 10.2 Å². The van der Waals surface area contributed by atoms with Crippen LogP contribution in [0.15, 0.2) is 109 Å². The molecule has 9 heteroatoms. The molecule has 2 N–H and O–H groups in total. The van der Waals surface area contributed by atoms with E-state index in [0.717, 1.165) is 96.3 Å². The van der Waals surface area contributed by atoms with Gasteiger partial charge in [-0.25, -0.2) is 0 Å². The highest BCUT2D eigenvalue weighted by Gasteiger charge is 2.23. The second kappa shape index (κ2) is 46.3. The molecule has 372 valence electrons. The van der Waals surface area contributed by atoms with Crippen molar-refractivity contribution < 1.29 is 32.9 Å². The zero-order valence-electron chi connectivity index (χ0n) is 42.1. The molecular formula is C56H97N2O6P. The Morgan fingerprint density at radius 2 is 0.954 bits per heavy atom. The lowest BCUT2D eigenvalue weighted by atomic mass is 10.1. The quantitative estimate of drug-likeness (QED) is 0.0273. The second-order valence-corrected chi connectivity index (χ2v) is 19.5. The van der Waals surface area contributed by atoms with Crippen molar-refractivity contribution in [2.75, 3.05) is 40.9 Å². The van der Waals surface area contributed by atoms with Crippen molar-refractivity contribution in [3.05, 3.63) is 109 Å². The summed E-state index contributed by atoms with van der Waals surface area (Å²) >= 11 is 0. The lowest BCUT2D eigenvalue weighted by molar-refractivity contribution is -0.870. The molecule has 3 atom stereocenters. The molecule has 0 spiro atoms. The number of carbonyl (C=O) groups excluding carboxylic acids is 1. The van der Waals surface area contributed by atoms with Gasteiger partial charge < -0.3 is 28.8 Å². The number of nitrogens with zero attached hydrogens (tertiary/aromatic N) is 1. The van der Waals surface area contributed by atoms with Crippen LogP contribution in [0.5, 0.6) is 0 Å². The van der Waals surface area contributed by atoms with Crippen LogP contribution in [0.3, 0.4) is 0 Å². The molecule has 0 heterocycles. The summed E-state index contributed by atoms with van der Waals surface area (Å²) in [6, 6.07) is -0.922. The van der Waals surface area contributed by atoms with E-state index in [1.165, 1.54) is 70.6 Å². The molecule has 0 aromatic heterocycles. The highest BCUT2D eigenvalue weighted by atomic mass is 31.2. The average Bonchev–Trinajstić information content (AvgIpc) is 3.26. The number of likely N-dealkylation sites (N-methyl/N-ethyl adjacent to an activating group) is 1. The number of phosphoric ester groups is 1. The molecule has 0 rings (SSSR count). The van der Waals surface area contributed by atoms with Crippen LogP contribution >= 0.6 is 7.82 Å². The summed E-state index contributed by atoms with van der Waals surface area (Å²) in [5, 5.41) is 13.8. The van der Waals surface area contributed by atoms with Crippen molar-refractivity contribution in [3.8, 4) is 0 Å². The smallest absolute Gasteiger partial charge is 0.268 e. The number of rotatable bonds is 45. The highest BCUT2D eigenvalue weighted by Crippen LogP contribution is 2.38. The van der Waals surface area contributed by atoms with Gasteiger partial charge in [0.15, 0.2) is 0 Å². The molecule has 3 unspecified atom stereocenters. The predicted molar refractivity (Wildman–Crippen MR) is 279 cm³/mol. The number of phosphoric acid groups is 1. The zero-order chi connectivity index (χ0) is 47.8. The van der Waals surface area contributed by atoms with Crippen LogP contribution in [-0.2, 0) is 18.4 Å². The highest BCUT2D eigenvalue weighted by molar-refractivity contribution is 7.45. The molecule has 0 bridgehead atoms. The minimum Gasteiger partial charge on any atom is -0.756 e. The standard InChI is InChI=1S/C56H97N2O6P/c1-6-8-10-12-14-16-18-20-22-24-25-26-27-28-29-30-31-32-33-34-36-38-40-42-44-46-48-50-56(60)57-54(53-64-65(61,62)63-52-51-58(3,4)5)55(59)49-47-45-43-41-39-37-35-23-21-19-17-15-13-11-9-7-2/h8,10,14,16,20-23,25-26,28-29,31-32,39,41,47,49,54-55,59H,6-7,9,11-13,15,17-19,24,27,30,33-38,40,42-46,48,50-53H2,1-5H3,(H-,57,60,61,62)/b10-8-,16-14-,22-20-,23-21+,26-25-,29-28-,32-31-,41-39+,49-47+. The SMILES string of the molecule is CC/C=C\C/C=C\C/C=C\C/C=C\C/C=C\C/C=C\CCCCCCCCCCC(=O)NC(COP(=O)([O-])OCC[N+](C)(C)C)C(O)/C=C/CC/C=C/CC/C=C/CCCCCCCC. The molecule has 8 nitrogen and oxygen atoms in total. The van der Waals surface area contributed by atoms with Crippen LogP contribution in [0.25, 0.3) is 0 Å². The van der Waals surface area contributed by atoms with Gasteiger partial charge in [0.25, 0.3) is 7.82 Å². The normalized spacial score (nSPS) is 15.0. The van der Waals surface area contributed by atoms with Crippen molar-refractivity contribution in [1.29, 1.82) is 0 Å². The van der Waals surface area contributed by atoms with E-state index in [1.807, 2.05) is 27.2 Å². The van der Waals surface area contributed by atoms with E-state index in [4.69, 9.17) is 9.05 Å². The first-order valence-electron chi connectivity index (χ1n) is 25.7. The lowest BCUT2D eigenvalue weighted by Crippen LogP contribution is -2.45. The Bertz CT molecular complexity index is 1420. The number of aliphatic hydroxyl groups excluding tert-OH is 1. The predicted octanol–water partition coefficient (Wildman–Crippen LogP) is 14.6. The van der Waals surface area contributed by atoms with Gasteiger partial charge >= 0.3 is 0 Å². The molecule has 0 aromatic rings. The molecule has 0 saturated heterocycles. The molecule has 0 aromatic carbocycles. The number of hydrogen-bond donors (Lipinski definition) is 2. The van der Waals surface area contributed by atoms with Gasteiger partial charge in [-0.15, -0.1) is 0 Å². The Morgan fingerprint density at radius 3 is 1.43 bits per heavy atom. The molecule has 1 amide bonds. The average molecular weight is 925 g/mol. The third-order valence-corrected chi connectivity index (χ3v) is 11.7. The number of nitrogens with one attached hydrogen (secondary N) is 1. The Labute approximate surface area is 400 Å². The van der Waals surface area contributed by atoms with E-state index in [2.05, 4.69) is 116 Å². The number of unbranched alkanes of at least 4 members (excludes halogenated alkanes) is 16. The van der Waals surface area contributed by atoms with E-state index in [-0.39, 0.29) is 12.5 Å². The van der Waals surface area contributed by atoms with Gasteiger partial charge in [0, 0.05) is 6.42 Å². The molecule has 0 aliphatic rings. The van der Waals surface area contributed by atoms with Gasteiger partial charge in [0.05, 0.1) is 39.9 Å². The summed E-state index contributed by atoms with van der Waals surface area (Å²) < 4.78 is 23.2. The molecule has 0 aliphatic heterocycles. The fraction of sp³-hybridized carbons (Fsp3) is 0.661. The van der Waals surface area contributed by atoms with Crippen molar-refractivity contribution in [3.63, 3.8) is 0 Å². The summed E-state index contributed by atoms with van der Waals surface area (Å²) in [6.07, 6.45) is 67.2. The van der Waals surface area contributed by atoms with Crippen molar-refractivity contribution in [2.24, 2.45) is 0 Å². The topological polar surface area (TPSA) is 108 Å². The fourth-order valence-corrected chi connectivity index (χ4v) is 7.38. The summed E-state index contributed by atoms with van der Waals surface area (Å²) in [5.41, 5.74) is 0. The zero-order valence-corrected chi connectivity index (χ0v) is 43.0.